The molecule has 0 saturated carbocycles. The number of para-hydroxylation sites is 1. The first-order valence-corrected chi connectivity index (χ1v) is 5.91. The Hall–Kier alpha value is -1.90. The summed E-state index contributed by atoms with van der Waals surface area (Å²) < 4.78 is 1.89. The van der Waals surface area contributed by atoms with Crippen LogP contribution in [0.1, 0.15) is 25.5 Å². The zero-order valence-corrected chi connectivity index (χ0v) is 9.97. The van der Waals surface area contributed by atoms with E-state index in [2.05, 4.69) is 5.10 Å². The lowest BCUT2D eigenvalue weighted by Crippen LogP contribution is -2.05. The average molecular weight is 228 g/mol. The second-order valence-corrected chi connectivity index (χ2v) is 3.96. The number of rotatable bonds is 5. The van der Waals surface area contributed by atoms with Crippen molar-refractivity contribution in [3.63, 3.8) is 0 Å². The quantitative estimate of drug-likeness (QED) is 0.788. The van der Waals surface area contributed by atoms with Crippen LogP contribution in [0.2, 0.25) is 0 Å². The lowest BCUT2D eigenvalue weighted by Gasteiger charge is -2.06. The van der Waals surface area contributed by atoms with Gasteiger partial charge < -0.3 is 0 Å². The zero-order chi connectivity index (χ0) is 12.1. The Labute approximate surface area is 101 Å². The third kappa shape index (κ3) is 2.81. The predicted molar refractivity (Wildman–Crippen MR) is 67.2 cm³/mol. The molecule has 0 aliphatic heterocycles. The van der Waals surface area contributed by atoms with Crippen molar-refractivity contribution in [2.24, 2.45) is 0 Å². The third-order valence-electron chi connectivity index (χ3n) is 2.78. The van der Waals surface area contributed by atoms with E-state index in [1.54, 1.807) is 6.20 Å². The molecule has 0 aliphatic rings. The zero-order valence-electron chi connectivity index (χ0n) is 9.97. The Morgan fingerprint density at radius 1 is 1.24 bits per heavy atom. The van der Waals surface area contributed by atoms with E-state index in [9.17, 15) is 4.79 Å². The molecule has 0 amide bonds. The van der Waals surface area contributed by atoms with E-state index in [1.807, 2.05) is 48.0 Å². The van der Waals surface area contributed by atoms with Crippen LogP contribution < -0.4 is 0 Å². The molecule has 1 aromatic carbocycles. The van der Waals surface area contributed by atoms with Crippen molar-refractivity contribution >= 4 is 5.78 Å². The molecule has 2 rings (SSSR count). The Kier molecular flexibility index (Phi) is 3.70. The number of carbonyl (C=O) groups excluding carboxylic acids is 1. The van der Waals surface area contributed by atoms with E-state index in [1.165, 1.54) is 0 Å². The summed E-state index contributed by atoms with van der Waals surface area (Å²) in [4.78, 5) is 11.3. The molecule has 0 fully saturated rings. The Bertz CT molecular complexity index is 488. The SMILES string of the molecule is CCC(=O)CCc1ccnn1-c1ccccc1. The van der Waals surface area contributed by atoms with E-state index in [0.29, 0.717) is 18.6 Å². The fourth-order valence-corrected chi connectivity index (χ4v) is 1.77. The minimum atomic E-state index is 0.297. The standard InChI is InChI=1S/C14H16N2O/c1-2-14(17)9-8-13-10-11-15-16(13)12-6-4-3-5-7-12/h3-7,10-11H,2,8-9H2,1H3. The number of benzene rings is 1. The van der Waals surface area contributed by atoms with Gasteiger partial charge in [-0.3, -0.25) is 4.79 Å². The number of aromatic nitrogens is 2. The number of carbonyl (C=O) groups is 1. The Balaban J connectivity index is 2.15. The van der Waals surface area contributed by atoms with Crippen LogP contribution in [0.3, 0.4) is 0 Å². The minimum absolute atomic E-state index is 0.297. The molecule has 0 spiro atoms. The first-order valence-electron chi connectivity index (χ1n) is 5.91. The molecule has 0 bridgehead atoms. The van der Waals surface area contributed by atoms with Crippen LogP contribution in [0.15, 0.2) is 42.6 Å². The van der Waals surface area contributed by atoms with E-state index in [-0.39, 0.29) is 0 Å². The Morgan fingerprint density at radius 2 is 2.00 bits per heavy atom. The number of hydrogen-bond acceptors (Lipinski definition) is 2. The van der Waals surface area contributed by atoms with Gasteiger partial charge in [-0.05, 0) is 24.6 Å². The van der Waals surface area contributed by atoms with E-state index in [4.69, 9.17) is 0 Å². The summed E-state index contributed by atoms with van der Waals surface area (Å²) in [5.41, 5.74) is 2.12. The molecule has 0 atom stereocenters. The van der Waals surface area contributed by atoms with Gasteiger partial charge in [0.1, 0.15) is 5.78 Å². The summed E-state index contributed by atoms with van der Waals surface area (Å²) in [6.45, 7) is 1.90. The van der Waals surface area contributed by atoms with Crippen LogP contribution in [0.4, 0.5) is 0 Å². The summed E-state index contributed by atoms with van der Waals surface area (Å²) in [7, 11) is 0. The van der Waals surface area contributed by atoms with Gasteiger partial charge in [-0.2, -0.15) is 5.10 Å². The van der Waals surface area contributed by atoms with Gasteiger partial charge in [-0.25, -0.2) is 4.68 Å². The number of ketones is 1. The fraction of sp³-hybridized carbons (Fsp3) is 0.286. The highest BCUT2D eigenvalue weighted by Crippen LogP contribution is 2.11. The maximum atomic E-state index is 11.3. The van der Waals surface area contributed by atoms with Gasteiger partial charge in [-0.1, -0.05) is 25.1 Å². The summed E-state index contributed by atoms with van der Waals surface area (Å²) in [5.74, 6) is 0.297. The van der Waals surface area contributed by atoms with Crippen LogP contribution in [-0.2, 0) is 11.2 Å². The van der Waals surface area contributed by atoms with Crippen molar-refractivity contribution in [1.82, 2.24) is 9.78 Å². The largest absolute Gasteiger partial charge is 0.300 e. The van der Waals surface area contributed by atoms with E-state index < -0.39 is 0 Å². The summed E-state index contributed by atoms with van der Waals surface area (Å²) in [6.07, 6.45) is 3.73. The summed E-state index contributed by atoms with van der Waals surface area (Å²) in [6, 6.07) is 11.9. The summed E-state index contributed by atoms with van der Waals surface area (Å²) in [5, 5.41) is 4.30. The van der Waals surface area contributed by atoms with Crippen molar-refractivity contribution in [3.05, 3.63) is 48.3 Å². The Morgan fingerprint density at radius 3 is 2.71 bits per heavy atom. The molecule has 3 heteroatoms. The molecule has 17 heavy (non-hydrogen) atoms. The van der Waals surface area contributed by atoms with Gasteiger partial charge in [0.15, 0.2) is 0 Å². The molecule has 2 aromatic rings. The van der Waals surface area contributed by atoms with Gasteiger partial charge >= 0.3 is 0 Å². The summed E-state index contributed by atoms with van der Waals surface area (Å²) >= 11 is 0. The van der Waals surface area contributed by atoms with Crippen LogP contribution in [0.25, 0.3) is 5.69 Å². The topological polar surface area (TPSA) is 34.9 Å². The van der Waals surface area contributed by atoms with Crippen LogP contribution >= 0.6 is 0 Å². The lowest BCUT2D eigenvalue weighted by molar-refractivity contribution is -0.118. The van der Waals surface area contributed by atoms with Gasteiger partial charge in [0.2, 0.25) is 0 Å². The number of nitrogens with zero attached hydrogens (tertiary/aromatic N) is 2. The van der Waals surface area contributed by atoms with Crippen molar-refractivity contribution in [2.75, 3.05) is 0 Å². The van der Waals surface area contributed by atoms with Gasteiger partial charge in [0, 0.05) is 24.7 Å². The van der Waals surface area contributed by atoms with Gasteiger partial charge in [-0.15, -0.1) is 0 Å². The molecule has 0 radical (unpaired) electrons. The highest BCUT2D eigenvalue weighted by molar-refractivity contribution is 5.78. The number of hydrogen-bond donors (Lipinski definition) is 0. The maximum Gasteiger partial charge on any atom is 0.133 e. The average Bonchev–Trinajstić information content (AvgIpc) is 2.85. The number of Topliss-reactive ketones (excluding diaryl/α,β-unsaturated/α-hetero) is 1. The smallest absolute Gasteiger partial charge is 0.133 e. The highest BCUT2D eigenvalue weighted by Gasteiger charge is 2.06. The van der Waals surface area contributed by atoms with Crippen LogP contribution in [-0.4, -0.2) is 15.6 Å². The monoisotopic (exact) mass is 228 g/mol. The van der Waals surface area contributed by atoms with Crippen molar-refractivity contribution < 1.29 is 4.79 Å². The van der Waals surface area contributed by atoms with Gasteiger partial charge in [0.25, 0.3) is 0 Å². The van der Waals surface area contributed by atoms with E-state index in [0.717, 1.165) is 17.8 Å². The molecule has 0 unspecified atom stereocenters. The molecule has 0 N–H and O–H groups in total. The molecule has 1 aromatic heterocycles. The second-order valence-electron chi connectivity index (χ2n) is 3.96. The molecular weight excluding hydrogens is 212 g/mol. The van der Waals surface area contributed by atoms with Crippen molar-refractivity contribution in [2.45, 2.75) is 26.2 Å². The van der Waals surface area contributed by atoms with E-state index >= 15 is 0 Å². The second kappa shape index (κ2) is 5.43. The minimum Gasteiger partial charge on any atom is -0.300 e. The molecule has 88 valence electrons. The molecule has 3 nitrogen and oxygen atoms in total. The van der Waals surface area contributed by atoms with Crippen LogP contribution in [0.5, 0.6) is 0 Å². The normalized spacial score (nSPS) is 10.4. The first kappa shape index (κ1) is 11.6. The lowest BCUT2D eigenvalue weighted by atomic mass is 10.1. The highest BCUT2D eigenvalue weighted by atomic mass is 16.1. The third-order valence-corrected chi connectivity index (χ3v) is 2.78. The maximum absolute atomic E-state index is 11.3. The van der Waals surface area contributed by atoms with Crippen LogP contribution in [0, 0.1) is 0 Å². The van der Waals surface area contributed by atoms with Crippen molar-refractivity contribution in [1.29, 1.82) is 0 Å². The fourth-order valence-electron chi connectivity index (χ4n) is 1.77. The molecule has 1 heterocycles. The first-order chi connectivity index (χ1) is 8.31. The molecule has 0 aliphatic carbocycles. The predicted octanol–water partition coefficient (Wildman–Crippen LogP) is 2.78. The number of aryl methyl sites for hydroxylation is 1. The molecular formula is C14H16N2O. The van der Waals surface area contributed by atoms with Gasteiger partial charge in [0.05, 0.1) is 5.69 Å². The van der Waals surface area contributed by atoms with Crippen molar-refractivity contribution in [3.8, 4) is 5.69 Å². The molecule has 0 saturated heterocycles.